The van der Waals surface area contributed by atoms with Gasteiger partial charge in [-0.25, -0.2) is 0 Å². The van der Waals surface area contributed by atoms with Crippen molar-refractivity contribution in [3.8, 4) is 0 Å². The standard InChI is InChI=1S/C5AsF13/c7-1(8,3(11,12)13)6(5(17,18)19)2(9,10)4(14,15)16. The van der Waals surface area contributed by atoms with E-state index in [0.29, 0.717) is 0 Å². The van der Waals surface area contributed by atoms with E-state index in [9.17, 15) is 57.1 Å². The van der Waals surface area contributed by atoms with Crippen molar-refractivity contribution in [2.45, 2.75) is 26.7 Å². The van der Waals surface area contributed by atoms with Gasteiger partial charge in [-0.15, -0.1) is 0 Å². The molecule has 0 nitrogen and oxygen atoms in total. The van der Waals surface area contributed by atoms with Gasteiger partial charge in [0, 0.05) is 0 Å². The van der Waals surface area contributed by atoms with Gasteiger partial charge in [-0.2, -0.15) is 0 Å². The Bertz CT molecular complexity index is 291. The molecule has 0 aliphatic heterocycles. The van der Waals surface area contributed by atoms with Gasteiger partial charge >= 0.3 is 98.5 Å². The van der Waals surface area contributed by atoms with Crippen LogP contribution in [0.4, 0.5) is 57.1 Å². The molecule has 0 fully saturated rings. The molecule has 0 atom stereocenters. The van der Waals surface area contributed by atoms with E-state index in [-0.39, 0.29) is 0 Å². The summed E-state index contributed by atoms with van der Waals surface area (Å²) in [6.07, 6.45) is -14.3. The number of halogens is 13. The Hall–Kier alpha value is -0.352. The van der Waals surface area contributed by atoms with Crippen molar-refractivity contribution >= 4 is 14.7 Å². The van der Waals surface area contributed by atoms with Crippen molar-refractivity contribution in [1.29, 1.82) is 0 Å². The van der Waals surface area contributed by atoms with Crippen LogP contribution in [0, 0.1) is 0 Å². The van der Waals surface area contributed by atoms with Crippen LogP contribution in [0.15, 0.2) is 0 Å². The second-order valence-corrected chi connectivity index (χ2v) is 7.71. The van der Waals surface area contributed by atoms with Crippen LogP contribution in [0.3, 0.4) is 0 Å². The monoisotopic (exact) mass is 382 g/mol. The van der Waals surface area contributed by atoms with Crippen LogP contribution in [0.1, 0.15) is 0 Å². The SMILES string of the molecule is FC(F)(F)[As](C(F)(F)C(F)(F)F)C(F)(F)C(F)(F)F. The molecule has 0 amide bonds. The van der Waals surface area contributed by atoms with Crippen LogP contribution in [0.2, 0.25) is 0 Å². The van der Waals surface area contributed by atoms with Gasteiger partial charge in [0.25, 0.3) is 0 Å². The van der Waals surface area contributed by atoms with E-state index in [1.165, 1.54) is 0 Å². The minimum atomic E-state index is -8.09. The van der Waals surface area contributed by atoms with Crippen molar-refractivity contribution in [3.63, 3.8) is 0 Å². The molecule has 0 spiro atoms. The van der Waals surface area contributed by atoms with E-state index in [4.69, 9.17) is 0 Å². The van der Waals surface area contributed by atoms with E-state index in [1.54, 1.807) is 0 Å². The maximum absolute atomic E-state index is 12.4. The maximum atomic E-state index is 12.4. The number of hydrogen-bond donors (Lipinski definition) is 0. The molecule has 14 heteroatoms. The van der Waals surface area contributed by atoms with Gasteiger partial charge in [0.15, 0.2) is 0 Å². The zero-order valence-corrected chi connectivity index (χ0v) is 9.74. The normalized spacial score (nSPS) is 16.1. The summed E-state index contributed by atoms with van der Waals surface area (Å²) >= 11 is -8.09. The van der Waals surface area contributed by atoms with Crippen LogP contribution in [-0.4, -0.2) is 41.4 Å². The van der Waals surface area contributed by atoms with Gasteiger partial charge in [0.1, 0.15) is 0 Å². The van der Waals surface area contributed by atoms with Crippen molar-refractivity contribution in [3.05, 3.63) is 0 Å². The average Bonchev–Trinajstić information content (AvgIpc) is 1.93. The topological polar surface area (TPSA) is 0 Å². The second kappa shape index (κ2) is 4.59. The van der Waals surface area contributed by atoms with Gasteiger partial charge in [-0.1, -0.05) is 0 Å². The van der Waals surface area contributed by atoms with Gasteiger partial charge in [0.2, 0.25) is 0 Å². The Morgan fingerprint density at radius 2 is 0.632 bits per heavy atom. The van der Waals surface area contributed by atoms with E-state index < -0.39 is 41.4 Å². The third-order valence-corrected chi connectivity index (χ3v) is 5.98. The summed E-state index contributed by atoms with van der Waals surface area (Å²) in [5, 5.41) is 0. The number of rotatable bonds is 2. The predicted molar refractivity (Wildman–Crippen MR) is 33.8 cm³/mol. The Balaban J connectivity index is 6.05. The summed E-state index contributed by atoms with van der Waals surface area (Å²) in [4.78, 5) is -6.99. The molecule has 0 N–H and O–H groups in total. The van der Waals surface area contributed by atoms with Crippen molar-refractivity contribution in [1.82, 2.24) is 0 Å². The molecular formula is C5AsF13. The molecule has 0 radical (unpaired) electrons. The molecule has 0 aromatic carbocycles. The van der Waals surface area contributed by atoms with Crippen molar-refractivity contribution < 1.29 is 57.1 Å². The first kappa shape index (κ1) is 18.6. The Labute approximate surface area is 99.4 Å². The van der Waals surface area contributed by atoms with Crippen molar-refractivity contribution in [2.24, 2.45) is 0 Å². The molecule has 0 aliphatic carbocycles. The van der Waals surface area contributed by atoms with Crippen LogP contribution < -0.4 is 0 Å². The summed E-state index contributed by atoms with van der Waals surface area (Å²) < 4.78 is 140. The van der Waals surface area contributed by atoms with Crippen LogP contribution in [0.25, 0.3) is 0 Å². The third-order valence-electron chi connectivity index (χ3n) is 1.50. The zero-order valence-electron chi connectivity index (χ0n) is 7.86. The van der Waals surface area contributed by atoms with Crippen molar-refractivity contribution in [2.75, 3.05) is 0 Å². The quantitative estimate of drug-likeness (QED) is 0.500. The molecular weight excluding hydrogens is 382 g/mol. The van der Waals surface area contributed by atoms with Gasteiger partial charge in [0.05, 0.1) is 0 Å². The second-order valence-electron chi connectivity index (χ2n) is 2.88. The number of hydrogen-bond acceptors (Lipinski definition) is 0. The fraction of sp³-hybridized carbons (Fsp3) is 1.00. The fourth-order valence-electron chi connectivity index (χ4n) is 0.748. The third kappa shape index (κ3) is 3.40. The van der Waals surface area contributed by atoms with Crippen LogP contribution >= 0.6 is 0 Å². The molecule has 0 unspecified atom stereocenters. The molecule has 0 rings (SSSR count). The van der Waals surface area contributed by atoms with Crippen LogP contribution in [0.5, 0.6) is 0 Å². The Morgan fingerprint density at radius 1 is 0.421 bits per heavy atom. The van der Waals surface area contributed by atoms with E-state index in [0.717, 1.165) is 0 Å². The first-order valence-corrected chi connectivity index (χ1v) is 6.44. The predicted octanol–water partition coefficient (Wildman–Crippen LogP) is 4.06. The van der Waals surface area contributed by atoms with Gasteiger partial charge in [-0.05, 0) is 0 Å². The summed E-state index contributed by atoms with van der Waals surface area (Å²) in [6, 6.07) is 0. The molecule has 0 saturated heterocycles. The van der Waals surface area contributed by atoms with E-state index in [2.05, 4.69) is 0 Å². The minimum absolute atomic E-state index is 6.99. The Kier molecular flexibility index (Phi) is 4.50. The molecule has 19 heavy (non-hydrogen) atoms. The van der Waals surface area contributed by atoms with E-state index in [1.807, 2.05) is 0 Å². The summed E-state index contributed by atoms with van der Waals surface area (Å²) in [5.74, 6) is 0. The Morgan fingerprint density at radius 3 is 0.737 bits per heavy atom. The molecule has 0 saturated carbocycles. The molecule has 116 valence electrons. The molecule has 0 bridgehead atoms. The molecule has 0 heterocycles. The first-order valence-electron chi connectivity index (χ1n) is 3.63. The fourth-order valence-corrected chi connectivity index (χ4v) is 3.89. The van der Waals surface area contributed by atoms with Crippen LogP contribution in [-0.2, 0) is 0 Å². The average molecular weight is 382 g/mol. The van der Waals surface area contributed by atoms with E-state index >= 15 is 0 Å². The summed E-state index contributed by atoms with van der Waals surface area (Å²) in [6.45, 7) is 0. The zero-order chi connectivity index (χ0) is 16.1. The summed E-state index contributed by atoms with van der Waals surface area (Å²) in [7, 11) is 0. The first-order chi connectivity index (χ1) is 7.87. The van der Waals surface area contributed by atoms with Gasteiger partial charge in [-0.3, -0.25) is 0 Å². The molecule has 0 aliphatic rings. The molecule has 0 aromatic rings. The number of alkyl halides is 13. The molecule has 0 aromatic heterocycles. The van der Waals surface area contributed by atoms with Gasteiger partial charge < -0.3 is 0 Å². The summed E-state index contributed by atoms with van der Waals surface area (Å²) in [5.41, 5.74) is 0.